The lowest BCUT2D eigenvalue weighted by atomic mass is 9.83. The molecule has 0 saturated carbocycles. The number of nitrogens with zero attached hydrogens (tertiary/aromatic N) is 2. The number of benzene rings is 2. The van der Waals surface area contributed by atoms with E-state index in [4.69, 9.17) is 5.73 Å². The molecule has 0 spiro atoms. The molecule has 1 aromatic heterocycles. The van der Waals surface area contributed by atoms with E-state index >= 15 is 0 Å². The number of imidazole rings is 1. The second-order valence-electron chi connectivity index (χ2n) is 15.9. The molecule has 0 radical (unpaired) electrons. The number of likely N-dealkylation sites (tertiary alicyclic amines) is 1. The zero-order valence-electron chi connectivity index (χ0n) is 33.6. The van der Waals surface area contributed by atoms with Gasteiger partial charge in [0.2, 0.25) is 11.8 Å². The van der Waals surface area contributed by atoms with Gasteiger partial charge in [-0.1, -0.05) is 76.6 Å². The Balaban J connectivity index is 1.56. The van der Waals surface area contributed by atoms with Crippen molar-refractivity contribution in [2.24, 2.45) is 41.2 Å². The zero-order chi connectivity index (χ0) is 41.6. The second kappa shape index (κ2) is 21.4. The molecule has 7 atom stereocenters. The maximum Gasteiger partial charge on any atom is 0.307 e. The summed E-state index contributed by atoms with van der Waals surface area (Å²) in [4.78, 5) is 91.0. The number of nitrogens with two attached hydrogens (primary N) is 1. The number of amides is 2. The highest BCUT2D eigenvalue weighted by molar-refractivity contribution is 5.96. The monoisotopic (exact) mass is 785 g/mol. The molecule has 2 heterocycles. The van der Waals surface area contributed by atoms with E-state index in [-0.39, 0.29) is 86.5 Å². The quantitative estimate of drug-likeness (QED) is 0.0894. The van der Waals surface area contributed by atoms with E-state index in [1.54, 1.807) is 18.3 Å². The third kappa shape index (κ3) is 12.7. The first-order valence-electron chi connectivity index (χ1n) is 20.1. The molecule has 1 aliphatic heterocycles. The van der Waals surface area contributed by atoms with E-state index in [0.717, 1.165) is 11.1 Å². The fourth-order valence-electron chi connectivity index (χ4n) is 7.79. The van der Waals surface area contributed by atoms with E-state index in [1.165, 1.54) is 23.4 Å². The van der Waals surface area contributed by atoms with E-state index < -0.39 is 53.5 Å². The molecule has 2 aromatic carbocycles. The van der Waals surface area contributed by atoms with Gasteiger partial charge in [-0.3, -0.25) is 28.8 Å². The number of H-pyrrole nitrogens is 1. The van der Waals surface area contributed by atoms with Crippen LogP contribution in [0.2, 0.25) is 0 Å². The van der Waals surface area contributed by atoms with Crippen LogP contribution in [0.3, 0.4) is 0 Å². The smallest absolute Gasteiger partial charge is 0.307 e. The Kier molecular flexibility index (Phi) is 16.7. The summed E-state index contributed by atoms with van der Waals surface area (Å²) in [6.07, 6.45) is 4.47. The van der Waals surface area contributed by atoms with Crippen LogP contribution in [0.15, 0.2) is 67.1 Å². The average Bonchev–Trinajstić information content (AvgIpc) is 3.90. The normalized spacial score (nSPS) is 17.3. The molecule has 13 nitrogen and oxygen atoms in total. The molecule has 1 fully saturated rings. The van der Waals surface area contributed by atoms with Crippen molar-refractivity contribution < 1.29 is 39.0 Å². The van der Waals surface area contributed by atoms with Crippen LogP contribution in [0.4, 0.5) is 0 Å². The molecule has 0 bridgehead atoms. The number of aromatic amines is 1. The summed E-state index contributed by atoms with van der Waals surface area (Å²) < 4.78 is 0. The highest BCUT2D eigenvalue weighted by Crippen LogP contribution is 2.28. The van der Waals surface area contributed by atoms with Crippen LogP contribution < -0.4 is 11.1 Å². The summed E-state index contributed by atoms with van der Waals surface area (Å²) in [6, 6.07) is 13.7. The fraction of sp³-hybridized carbons (Fsp3) is 0.523. The van der Waals surface area contributed by atoms with Gasteiger partial charge in [-0.05, 0) is 60.8 Å². The first-order chi connectivity index (χ1) is 27.2. The Morgan fingerprint density at radius 2 is 1.53 bits per heavy atom. The minimum atomic E-state index is -1.09. The molecule has 13 heteroatoms. The predicted molar refractivity (Wildman–Crippen MR) is 215 cm³/mol. The van der Waals surface area contributed by atoms with Crippen LogP contribution in [0.5, 0.6) is 5.75 Å². The second-order valence-corrected chi connectivity index (χ2v) is 15.9. The van der Waals surface area contributed by atoms with Crippen LogP contribution in [0, 0.1) is 35.5 Å². The Morgan fingerprint density at radius 1 is 0.877 bits per heavy atom. The molecule has 3 aromatic rings. The number of Topliss-reactive ketones (excluding diaryl/α,β-unsaturated/α-hetero) is 3. The molecule has 1 aliphatic rings. The zero-order valence-corrected chi connectivity index (χ0v) is 33.6. The van der Waals surface area contributed by atoms with E-state index in [9.17, 15) is 39.0 Å². The van der Waals surface area contributed by atoms with Gasteiger partial charge in [-0.15, -0.1) is 0 Å². The molecule has 6 N–H and O–H groups in total. The number of phenols is 1. The Hall–Kier alpha value is -5.17. The number of hydrogen-bond acceptors (Lipinski definition) is 9. The topological polar surface area (TPSA) is 213 Å². The largest absolute Gasteiger partial charge is 0.508 e. The number of hydrogen-bond donors (Lipinski definition) is 5. The summed E-state index contributed by atoms with van der Waals surface area (Å²) in [5, 5.41) is 22.8. The maximum absolute atomic E-state index is 14.4. The van der Waals surface area contributed by atoms with Crippen molar-refractivity contribution in [2.45, 2.75) is 97.6 Å². The SMILES string of the molecule is CCC(C)[C@H](NC(=O)[C@@H](CC(=O)[C@@H](CN)C(C)C)Cc1ccc(O)cc1)C(=O)C[C@@H](Cc1cnc[nH]1)C(=O)N1CCC[C@H]1C(=O)C[C@@H](Cc1ccccc1)C(=O)O. The summed E-state index contributed by atoms with van der Waals surface area (Å²) in [7, 11) is 0. The first-order valence-corrected chi connectivity index (χ1v) is 20.1. The van der Waals surface area contributed by atoms with Gasteiger partial charge in [0, 0.05) is 62.5 Å². The van der Waals surface area contributed by atoms with Crippen LogP contribution in [0.25, 0.3) is 0 Å². The molecule has 0 aliphatic carbocycles. The van der Waals surface area contributed by atoms with Gasteiger partial charge in [-0.2, -0.15) is 0 Å². The lowest BCUT2D eigenvalue weighted by Crippen LogP contribution is -2.50. The number of rotatable bonds is 23. The van der Waals surface area contributed by atoms with Crippen LogP contribution >= 0.6 is 0 Å². The van der Waals surface area contributed by atoms with Crippen LogP contribution in [-0.4, -0.2) is 85.4 Å². The number of aromatic nitrogens is 2. The van der Waals surface area contributed by atoms with Crippen molar-refractivity contribution in [3.63, 3.8) is 0 Å². The lowest BCUT2D eigenvalue weighted by molar-refractivity contribution is -0.146. The summed E-state index contributed by atoms with van der Waals surface area (Å²) in [6.45, 7) is 7.99. The number of carboxylic acid groups (broad SMARTS) is 1. The van der Waals surface area contributed by atoms with Gasteiger partial charge >= 0.3 is 5.97 Å². The highest BCUT2D eigenvalue weighted by atomic mass is 16.4. The predicted octanol–water partition coefficient (Wildman–Crippen LogP) is 4.71. The molecule has 308 valence electrons. The number of nitrogens with one attached hydrogen (secondary N) is 2. The minimum absolute atomic E-state index is 0.0305. The minimum Gasteiger partial charge on any atom is -0.508 e. The molecular formula is C44H59N5O8. The number of phenolic OH excluding ortho intramolecular Hbond substituents is 1. The molecule has 4 rings (SSSR count). The van der Waals surface area contributed by atoms with Crippen LogP contribution in [-0.2, 0) is 48.0 Å². The third-order valence-electron chi connectivity index (χ3n) is 11.4. The number of aromatic hydroxyl groups is 1. The number of ketones is 3. The van der Waals surface area contributed by atoms with Gasteiger partial charge in [0.05, 0.1) is 30.2 Å². The highest BCUT2D eigenvalue weighted by Gasteiger charge is 2.40. The van der Waals surface area contributed by atoms with E-state index in [2.05, 4.69) is 15.3 Å². The van der Waals surface area contributed by atoms with E-state index in [1.807, 2.05) is 58.0 Å². The van der Waals surface area contributed by atoms with Crippen molar-refractivity contribution in [2.75, 3.05) is 13.1 Å². The van der Waals surface area contributed by atoms with E-state index in [0.29, 0.717) is 25.0 Å². The van der Waals surface area contributed by atoms with Gasteiger partial charge in [0.25, 0.3) is 0 Å². The Morgan fingerprint density at radius 3 is 2.12 bits per heavy atom. The van der Waals surface area contributed by atoms with Gasteiger partial charge in [-0.25, -0.2) is 4.98 Å². The molecule has 57 heavy (non-hydrogen) atoms. The van der Waals surface area contributed by atoms with Gasteiger partial charge in [0.15, 0.2) is 11.6 Å². The van der Waals surface area contributed by atoms with Gasteiger partial charge < -0.3 is 31.1 Å². The summed E-state index contributed by atoms with van der Waals surface area (Å²) in [5.41, 5.74) is 8.10. The van der Waals surface area contributed by atoms with Crippen molar-refractivity contribution in [3.05, 3.63) is 83.9 Å². The number of carbonyl (C=O) groups is 6. The van der Waals surface area contributed by atoms with Crippen molar-refractivity contribution in [3.8, 4) is 5.75 Å². The fourth-order valence-corrected chi connectivity index (χ4v) is 7.79. The Labute approximate surface area is 335 Å². The van der Waals surface area contributed by atoms with Crippen molar-refractivity contribution >= 4 is 35.1 Å². The molecule has 2 amide bonds. The maximum atomic E-state index is 14.4. The molecule has 1 unspecified atom stereocenters. The Bertz CT molecular complexity index is 1800. The third-order valence-corrected chi connectivity index (χ3v) is 11.4. The number of carbonyl (C=O) groups excluding carboxylic acids is 5. The average molecular weight is 786 g/mol. The first kappa shape index (κ1) is 44.5. The summed E-state index contributed by atoms with van der Waals surface area (Å²) >= 11 is 0. The van der Waals surface area contributed by atoms with Gasteiger partial charge in [0.1, 0.15) is 11.5 Å². The molecular weight excluding hydrogens is 727 g/mol. The van der Waals surface area contributed by atoms with Crippen LogP contribution in [0.1, 0.15) is 83.0 Å². The number of carboxylic acids is 1. The number of aliphatic carboxylic acids is 1. The summed E-state index contributed by atoms with van der Waals surface area (Å²) in [5.74, 6) is -6.20. The molecule has 1 saturated heterocycles. The van der Waals surface area contributed by atoms with Crippen molar-refractivity contribution in [1.82, 2.24) is 20.2 Å². The standard InChI is InChI=1S/C44H59N5O8/c1-5-28(4)41(48-42(54)31(18-30-13-15-35(50)16-14-30)21-38(51)36(24-45)27(2)3)40(53)22-32(20-34-25-46-26-47-34)43(55)49-17-9-12-37(49)39(52)23-33(44(56)57)19-29-10-7-6-8-11-29/h6-8,10-11,13-16,25-28,31-33,36-37,41,50H,5,9,12,17-24,45H2,1-4H3,(H,46,47)(H,48,54)(H,56,57)/t28?,31-,32-,33-,36+,37+,41+/m1/s1. The lowest BCUT2D eigenvalue weighted by Gasteiger charge is -2.31. The van der Waals surface area contributed by atoms with Crippen molar-refractivity contribution in [1.29, 1.82) is 0 Å².